The van der Waals surface area contributed by atoms with Gasteiger partial charge >= 0.3 is 0 Å². The minimum Gasteiger partial charge on any atom is -0.227 e. The normalized spacial score (nSPS) is 30.7. The Morgan fingerprint density at radius 2 is 2.31 bits per heavy atom. The Bertz CT molecular complexity index is 348. The summed E-state index contributed by atoms with van der Waals surface area (Å²) in [5.74, 6) is 0. The fourth-order valence-electron chi connectivity index (χ4n) is 1.20. The fraction of sp³-hybridized carbons (Fsp3) is 0.100. The highest BCUT2D eigenvalue weighted by atomic mass is 79.9. The van der Waals surface area contributed by atoms with Crippen LogP contribution >= 0.6 is 15.9 Å². The number of hydrogen-bond donors (Lipinski definition) is 0. The van der Waals surface area contributed by atoms with Gasteiger partial charge in [-0.1, -0.05) is 18.2 Å². The van der Waals surface area contributed by atoms with Crippen LogP contribution in [0.15, 0.2) is 51.9 Å². The number of hydrazone groups is 1. The molecule has 0 atom stereocenters. The van der Waals surface area contributed by atoms with Crippen LogP contribution in [0.25, 0.3) is 0 Å². The molecule has 0 saturated carbocycles. The summed E-state index contributed by atoms with van der Waals surface area (Å²) in [5.41, 5.74) is 1.11. The summed E-state index contributed by atoms with van der Waals surface area (Å²) < 4.78 is 0.954. The third-order valence-corrected chi connectivity index (χ3v) is 2.42. The second-order valence-electron chi connectivity index (χ2n) is 2.72. The maximum atomic E-state index is 4.24. The van der Waals surface area contributed by atoms with Crippen molar-refractivity contribution in [3.05, 3.63) is 46.8 Å². The standard InChI is InChI=1S/C10H9BrN2/c11-10-7-3-1-2-5-9-6-4-8-12-13(9)10/h1,3-8H,2H2/b3-1+,9-5-,10-7-. The van der Waals surface area contributed by atoms with Crippen LogP contribution in [0.3, 0.4) is 0 Å². The van der Waals surface area contributed by atoms with Gasteiger partial charge in [-0.2, -0.15) is 5.10 Å². The fourth-order valence-corrected chi connectivity index (χ4v) is 1.65. The van der Waals surface area contributed by atoms with Crippen LogP contribution in [0.4, 0.5) is 0 Å². The summed E-state index contributed by atoms with van der Waals surface area (Å²) >= 11 is 3.46. The number of fused-ring (bicyclic) bond motifs is 1. The van der Waals surface area contributed by atoms with Gasteiger partial charge in [0.25, 0.3) is 0 Å². The van der Waals surface area contributed by atoms with Gasteiger partial charge in [-0.15, -0.1) is 0 Å². The van der Waals surface area contributed by atoms with Gasteiger partial charge in [0, 0.05) is 6.21 Å². The van der Waals surface area contributed by atoms with Crippen LogP contribution < -0.4 is 0 Å². The highest BCUT2D eigenvalue weighted by Crippen LogP contribution is 2.23. The maximum Gasteiger partial charge on any atom is 0.108 e. The number of allylic oxidation sites excluding steroid dienone is 6. The van der Waals surface area contributed by atoms with Crippen molar-refractivity contribution in [2.24, 2.45) is 5.10 Å². The molecule has 13 heavy (non-hydrogen) atoms. The Morgan fingerprint density at radius 3 is 3.23 bits per heavy atom. The molecule has 0 aromatic heterocycles. The van der Waals surface area contributed by atoms with Crippen molar-refractivity contribution < 1.29 is 0 Å². The van der Waals surface area contributed by atoms with Crippen LogP contribution in [0.5, 0.6) is 0 Å². The molecule has 2 nitrogen and oxygen atoms in total. The van der Waals surface area contributed by atoms with Gasteiger partial charge in [0.15, 0.2) is 0 Å². The smallest absolute Gasteiger partial charge is 0.108 e. The van der Waals surface area contributed by atoms with Crippen LogP contribution in [0.2, 0.25) is 0 Å². The Kier molecular flexibility index (Phi) is 2.45. The lowest BCUT2D eigenvalue weighted by atomic mass is 10.2. The average molecular weight is 237 g/mol. The van der Waals surface area contributed by atoms with E-state index in [1.807, 2.05) is 29.3 Å². The molecule has 2 heterocycles. The summed E-state index contributed by atoms with van der Waals surface area (Å²) in [6, 6.07) is 0. The molecular weight excluding hydrogens is 228 g/mol. The molecule has 2 rings (SSSR count). The molecule has 0 aromatic rings. The summed E-state index contributed by atoms with van der Waals surface area (Å²) in [7, 11) is 0. The first-order valence-corrected chi connectivity index (χ1v) is 4.90. The van der Waals surface area contributed by atoms with Crippen molar-refractivity contribution in [2.45, 2.75) is 6.42 Å². The summed E-state index contributed by atoms with van der Waals surface area (Å²) in [6.45, 7) is 0. The third kappa shape index (κ3) is 1.80. The molecule has 0 amide bonds. The molecule has 66 valence electrons. The monoisotopic (exact) mass is 236 g/mol. The van der Waals surface area contributed by atoms with Gasteiger partial charge in [0.2, 0.25) is 0 Å². The zero-order valence-electron chi connectivity index (χ0n) is 7.02. The highest BCUT2D eigenvalue weighted by Gasteiger charge is 2.10. The largest absolute Gasteiger partial charge is 0.227 e. The SMILES string of the molecule is Br/C1=C/C=C/C/C=C2/C=CC=NN21. The van der Waals surface area contributed by atoms with E-state index in [9.17, 15) is 0 Å². The Morgan fingerprint density at radius 1 is 1.38 bits per heavy atom. The lowest BCUT2D eigenvalue weighted by molar-refractivity contribution is 0.501. The van der Waals surface area contributed by atoms with E-state index >= 15 is 0 Å². The summed E-state index contributed by atoms with van der Waals surface area (Å²) in [6.07, 6.45) is 15.0. The van der Waals surface area contributed by atoms with Crippen molar-refractivity contribution in [1.29, 1.82) is 0 Å². The molecule has 0 aromatic carbocycles. The first kappa shape index (κ1) is 8.51. The van der Waals surface area contributed by atoms with E-state index in [-0.39, 0.29) is 0 Å². The average Bonchev–Trinajstić information content (AvgIpc) is 2.14. The summed E-state index contributed by atoms with van der Waals surface area (Å²) in [4.78, 5) is 0. The molecule has 0 radical (unpaired) electrons. The van der Waals surface area contributed by atoms with Crippen molar-refractivity contribution in [1.82, 2.24) is 5.01 Å². The second-order valence-corrected chi connectivity index (χ2v) is 3.53. The first-order chi connectivity index (χ1) is 6.38. The Labute approximate surface area is 85.7 Å². The zero-order valence-corrected chi connectivity index (χ0v) is 8.61. The van der Waals surface area contributed by atoms with E-state index in [2.05, 4.69) is 33.2 Å². The van der Waals surface area contributed by atoms with Crippen LogP contribution in [-0.4, -0.2) is 11.2 Å². The topological polar surface area (TPSA) is 15.6 Å². The molecule has 0 unspecified atom stereocenters. The highest BCUT2D eigenvalue weighted by molar-refractivity contribution is 9.11. The predicted octanol–water partition coefficient (Wildman–Crippen LogP) is 2.92. The zero-order chi connectivity index (χ0) is 9.10. The number of halogens is 1. The van der Waals surface area contributed by atoms with Gasteiger partial charge in [0.1, 0.15) is 4.61 Å². The first-order valence-electron chi connectivity index (χ1n) is 4.11. The van der Waals surface area contributed by atoms with E-state index in [1.54, 1.807) is 6.21 Å². The van der Waals surface area contributed by atoms with E-state index in [0.717, 1.165) is 16.7 Å². The van der Waals surface area contributed by atoms with Crippen molar-refractivity contribution in [2.75, 3.05) is 0 Å². The lowest BCUT2D eigenvalue weighted by Gasteiger charge is -2.21. The minimum atomic E-state index is 0.947. The quantitative estimate of drug-likeness (QED) is 0.591. The third-order valence-electron chi connectivity index (χ3n) is 1.82. The van der Waals surface area contributed by atoms with Gasteiger partial charge in [-0.25, -0.2) is 5.01 Å². The van der Waals surface area contributed by atoms with Crippen LogP contribution in [-0.2, 0) is 0 Å². The molecular formula is C10H9BrN2. The molecule has 0 spiro atoms. The van der Waals surface area contributed by atoms with Crippen LogP contribution in [0, 0.1) is 0 Å². The minimum absolute atomic E-state index is 0.947. The van der Waals surface area contributed by atoms with Crippen molar-refractivity contribution in [3.8, 4) is 0 Å². The number of hydrogen-bond acceptors (Lipinski definition) is 2. The predicted molar refractivity (Wildman–Crippen MR) is 58.3 cm³/mol. The second kappa shape index (κ2) is 3.75. The molecule has 0 bridgehead atoms. The van der Waals surface area contributed by atoms with Crippen molar-refractivity contribution >= 4 is 22.1 Å². The van der Waals surface area contributed by atoms with Gasteiger partial charge < -0.3 is 0 Å². The molecule has 0 N–H and O–H groups in total. The Balaban J connectivity index is 2.40. The number of nitrogens with zero attached hydrogens (tertiary/aromatic N) is 2. The van der Waals surface area contributed by atoms with Gasteiger partial charge in [-0.3, -0.25) is 0 Å². The lowest BCUT2D eigenvalue weighted by Crippen LogP contribution is -2.14. The van der Waals surface area contributed by atoms with Gasteiger partial charge in [0.05, 0.1) is 5.70 Å². The van der Waals surface area contributed by atoms with Crippen molar-refractivity contribution in [3.63, 3.8) is 0 Å². The van der Waals surface area contributed by atoms with E-state index in [0.29, 0.717) is 0 Å². The molecule has 0 aliphatic carbocycles. The van der Waals surface area contributed by atoms with E-state index in [1.165, 1.54) is 0 Å². The Hall–Kier alpha value is -1.09. The van der Waals surface area contributed by atoms with Gasteiger partial charge in [-0.05, 0) is 40.6 Å². The summed E-state index contributed by atoms with van der Waals surface area (Å²) in [5, 5.41) is 6.10. The molecule has 0 saturated heterocycles. The molecule has 2 aliphatic heterocycles. The van der Waals surface area contributed by atoms with E-state index < -0.39 is 0 Å². The number of rotatable bonds is 0. The molecule has 3 heteroatoms. The van der Waals surface area contributed by atoms with Crippen LogP contribution in [0.1, 0.15) is 6.42 Å². The van der Waals surface area contributed by atoms with E-state index in [4.69, 9.17) is 0 Å². The molecule has 2 aliphatic rings. The molecule has 0 fully saturated rings. The maximum absolute atomic E-state index is 4.24.